The molecule has 8 heteroatoms. The number of ether oxygens (including phenoxy) is 2. The first-order valence-corrected chi connectivity index (χ1v) is 11.1. The third-order valence-corrected chi connectivity index (χ3v) is 6.31. The van der Waals surface area contributed by atoms with Gasteiger partial charge in [0.1, 0.15) is 0 Å². The largest absolute Gasteiger partial charge is 0.381 e. The van der Waals surface area contributed by atoms with E-state index in [9.17, 15) is 0 Å². The lowest BCUT2D eigenvalue weighted by Crippen LogP contribution is -2.42. The molecule has 2 aliphatic rings. The average molecular weight is 522 g/mol. The van der Waals surface area contributed by atoms with Crippen LogP contribution in [0.5, 0.6) is 0 Å². The van der Waals surface area contributed by atoms with Crippen LogP contribution in [0.1, 0.15) is 29.7 Å². The number of hydrogen-bond donors (Lipinski definition) is 2. The van der Waals surface area contributed by atoms with Gasteiger partial charge in [0.15, 0.2) is 5.96 Å². The number of halogens is 1. The molecule has 0 radical (unpaired) electrons. The topological polar surface area (TPSA) is 58.1 Å². The molecule has 3 heterocycles. The zero-order valence-corrected chi connectivity index (χ0v) is 20.1. The van der Waals surface area contributed by atoms with Crippen LogP contribution < -0.4 is 10.6 Å². The molecule has 0 saturated carbocycles. The molecule has 0 atom stereocenters. The van der Waals surface area contributed by atoms with Crippen LogP contribution in [0.4, 0.5) is 0 Å². The van der Waals surface area contributed by atoms with Crippen LogP contribution in [0.2, 0.25) is 0 Å². The highest BCUT2D eigenvalue weighted by Crippen LogP contribution is 2.23. The molecule has 0 unspecified atom stereocenters. The van der Waals surface area contributed by atoms with E-state index in [1.165, 1.54) is 12.0 Å². The summed E-state index contributed by atoms with van der Waals surface area (Å²) in [5.41, 5.74) is 1.51. The van der Waals surface area contributed by atoms with Crippen molar-refractivity contribution >= 4 is 41.3 Å². The molecule has 6 nitrogen and oxygen atoms in total. The summed E-state index contributed by atoms with van der Waals surface area (Å²) in [7, 11) is 1.83. The maximum absolute atomic E-state index is 5.81. The molecule has 0 spiro atoms. The maximum Gasteiger partial charge on any atom is 0.191 e. The second kappa shape index (κ2) is 13.7. The second-order valence-corrected chi connectivity index (χ2v) is 8.31. The van der Waals surface area contributed by atoms with Gasteiger partial charge in [-0.05, 0) is 48.6 Å². The van der Waals surface area contributed by atoms with Crippen LogP contribution >= 0.6 is 35.3 Å². The minimum atomic E-state index is 0. The summed E-state index contributed by atoms with van der Waals surface area (Å²) < 4.78 is 11.2. The second-order valence-electron chi connectivity index (χ2n) is 7.31. The summed E-state index contributed by atoms with van der Waals surface area (Å²) in [5.74, 6) is 1.56. The summed E-state index contributed by atoms with van der Waals surface area (Å²) in [6.07, 6.45) is 4.46. The zero-order valence-electron chi connectivity index (χ0n) is 17.0. The Morgan fingerprint density at radius 3 is 2.96 bits per heavy atom. The molecule has 1 aromatic rings. The Hall–Kier alpha value is -0.420. The van der Waals surface area contributed by atoms with Gasteiger partial charge < -0.3 is 20.1 Å². The van der Waals surface area contributed by atoms with Crippen LogP contribution in [0.3, 0.4) is 0 Å². The highest BCUT2D eigenvalue weighted by molar-refractivity contribution is 14.0. The molecule has 0 bridgehead atoms. The van der Waals surface area contributed by atoms with Crippen LogP contribution in [0.15, 0.2) is 16.4 Å². The van der Waals surface area contributed by atoms with E-state index in [2.05, 4.69) is 32.0 Å². The van der Waals surface area contributed by atoms with E-state index < -0.39 is 0 Å². The van der Waals surface area contributed by atoms with Crippen LogP contribution in [0.25, 0.3) is 0 Å². The Labute approximate surface area is 190 Å². The molecule has 0 aliphatic carbocycles. The monoisotopic (exact) mass is 522 g/mol. The van der Waals surface area contributed by atoms with Crippen LogP contribution in [-0.4, -0.2) is 70.5 Å². The van der Waals surface area contributed by atoms with E-state index in [0.717, 1.165) is 84.4 Å². The molecule has 1 aromatic heterocycles. The Morgan fingerprint density at radius 2 is 2.14 bits per heavy atom. The molecule has 2 aliphatic heterocycles. The lowest BCUT2D eigenvalue weighted by molar-refractivity contribution is 0.0203. The molecule has 1 saturated heterocycles. The molecule has 0 aromatic carbocycles. The Morgan fingerprint density at radius 1 is 1.32 bits per heavy atom. The van der Waals surface area contributed by atoms with Crippen molar-refractivity contribution in [3.63, 3.8) is 0 Å². The molecule has 0 amide bonds. The minimum Gasteiger partial charge on any atom is -0.381 e. The maximum atomic E-state index is 5.81. The first-order valence-electron chi connectivity index (χ1n) is 10.2. The number of aliphatic imine (C=N–C) groups is 1. The number of hydrogen-bond acceptors (Lipinski definition) is 5. The highest BCUT2D eigenvalue weighted by atomic mass is 127. The molecular formula is C20H35IN4O2S. The quantitative estimate of drug-likeness (QED) is 0.226. The van der Waals surface area contributed by atoms with Crippen LogP contribution in [-0.2, 0) is 22.4 Å². The first-order chi connectivity index (χ1) is 13.3. The van der Waals surface area contributed by atoms with E-state index in [1.54, 1.807) is 4.88 Å². The number of guanidine groups is 1. The van der Waals surface area contributed by atoms with Crippen molar-refractivity contribution in [2.24, 2.45) is 10.9 Å². The third kappa shape index (κ3) is 8.14. The SMILES string of the molecule is CN=C(NCCCOCC1CCOCC1)NCCN1CCc2sccc2C1.I. The van der Waals surface area contributed by atoms with Crippen molar-refractivity contribution in [3.8, 4) is 0 Å². The van der Waals surface area contributed by atoms with Gasteiger partial charge in [0.25, 0.3) is 0 Å². The molecule has 1 fully saturated rings. The van der Waals surface area contributed by atoms with Gasteiger partial charge >= 0.3 is 0 Å². The first kappa shape index (κ1) is 23.9. The van der Waals surface area contributed by atoms with Crippen molar-refractivity contribution in [1.29, 1.82) is 0 Å². The van der Waals surface area contributed by atoms with Gasteiger partial charge in [-0.15, -0.1) is 35.3 Å². The number of nitrogens with one attached hydrogen (secondary N) is 2. The van der Waals surface area contributed by atoms with E-state index in [4.69, 9.17) is 9.47 Å². The summed E-state index contributed by atoms with van der Waals surface area (Å²) in [5, 5.41) is 9.02. The molecule has 2 N–H and O–H groups in total. The molecule has 28 heavy (non-hydrogen) atoms. The predicted molar refractivity (Wildman–Crippen MR) is 127 cm³/mol. The lowest BCUT2D eigenvalue weighted by atomic mass is 10.0. The Bertz CT molecular complexity index is 578. The van der Waals surface area contributed by atoms with Gasteiger partial charge in [-0.1, -0.05) is 0 Å². The van der Waals surface area contributed by atoms with Gasteiger partial charge in [-0.25, -0.2) is 0 Å². The van der Waals surface area contributed by atoms with Crippen molar-refractivity contribution in [2.75, 3.05) is 59.7 Å². The standard InChI is InChI=1S/C20H34N4O2S.HI/c1-21-20(22-7-2-11-26-16-17-4-12-25-13-5-17)23-8-10-24-9-3-19-18(15-24)6-14-27-19;/h6,14,17H,2-5,7-13,15-16H2,1H3,(H2,21,22,23);1H. The molecule has 160 valence electrons. The number of fused-ring (bicyclic) bond motifs is 1. The van der Waals surface area contributed by atoms with Gasteiger partial charge in [-0.3, -0.25) is 9.89 Å². The van der Waals surface area contributed by atoms with E-state index in [-0.39, 0.29) is 24.0 Å². The fraction of sp³-hybridized carbons (Fsp3) is 0.750. The van der Waals surface area contributed by atoms with Crippen molar-refractivity contribution in [1.82, 2.24) is 15.5 Å². The van der Waals surface area contributed by atoms with Crippen molar-refractivity contribution < 1.29 is 9.47 Å². The Kier molecular flexibility index (Phi) is 11.7. The fourth-order valence-corrected chi connectivity index (χ4v) is 4.48. The normalized spacial score (nSPS) is 18.4. The highest BCUT2D eigenvalue weighted by Gasteiger charge is 2.16. The van der Waals surface area contributed by atoms with Gasteiger partial charge in [0.05, 0.1) is 0 Å². The number of nitrogens with zero attached hydrogens (tertiary/aromatic N) is 2. The number of thiophene rings is 1. The zero-order chi connectivity index (χ0) is 18.7. The summed E-state index contributed by atoms with van der Waals surface area (Å²) >= 11 is 1.90. The average Bonchev–Trinajstić information content (AvgIpc) is 3.18. The lowest BCUT2D eigenvalue weighted by Gasteiger charge is -2.27. The summed E-state index contributed by atoms with van der Waals surface area (Å²) in [6.45, 7) is 8.55. The molecular weight excluding hydrogens is 487 g/mol. The number of rotatable bonds is 9. The van der Waals surface area contributed by atoms with Crippen molar-refractivity contribution in [3.05, 3.63) is 21.9 Å². The Balaban J connectivity index is 0.00000280. The van der Waals surface area contributed by atoms with Gasteiger partial charge in [-0.2, -0.15) is 0 Å². The molecule has 3 rings (SSSR count). The third-order valence-electron chi connectivity index (χ3n) is 5.28. The van der Waals surface area contributed by atoms with E-state index >= 15 is 0 Å². The summed E-state index contributed by atoms with van der Waals surface area (Å²) in [6, 6.07) is 2.27. The van der Waals surface area contributed by atoms with Gasteiger partial charge in [0, 0.05) is 71.1 Å². The minimum absolute atomic E-state index is 0. The smallest absolute Gasteiger partial charge is 0.191 e. The fourth-order valence-electron chi connectivity index (χ4n) is 3.59. The van der Waals surface area contributed by atoms with E-state index in [1.807, 2.05) is 18.4 Å². The van der Waals surface area contributed by atoms with E-state index in [0.29, 0.717) is 5.92 Å². The van der Waals surface area contributed by atoms with Crippen LogP contribution in [0, 0.1) is 5.92 Å². The van der Waals surface area contributed by atoms with Crippen molar-refractivity contribution in [2.45, 2.75) is 32.2 Å². The van der Waals surface area contributed by atoms with Gasteiger partial charge in [0.2, 0.25) is 0 Å². The summed E-state index contributed by atoms with van der Waals surface area (Å²) in [4.78, 5) is 8.39. The predicted octanol–water partition coefficient (Wildman–Crippen LogP) is 2.72.